The van der Waals surface area contributed by atoms with Crippen molar-refractivity contribution in [3.05, 3.63) is 30.6 Å². The Hall–Kier alpha value is -0.785. The average molecular weight is 572 g/mol. The molecule has 0 aliphatic carbocycles. The van der Waals surface area contributed by atoms with Crippen molar-refractivity contribution in [3.8, 4) is 0 Å². The monoisotopic (exact) mass is 572 g/mol. The molecule has 0 atom stereocenters. The number of aryl methyl sites for hydroxylation is 1. The van der Waals surface area contributed by atoms with Gasteiger partial charge in [-0.1, -0.05) is 188 Å². The Balaban J connectivity index is 0.00000170. The summed E-state index contributed by atoms with van der Waals surface area (Å²) in [5.41, 5.74) is 0. The van der Waals surface area contributed by atoms with Gasteiger partial charge in [0.2, 0.25) is 0 Å². The highest BCUT2D eigenvalue weighted by Crippen LogP contribution is 2.35. The predicted molar refractivity (Wildman–Crippen MR) is 191 cm³/mol. The minimum atomic E-state index is -0.104. The van der Waals surface area contributed by atoms with Gasteiger partial charge in [0.1, 0.15) is 6.54 Å². The summed E-state index contributed by atoms with van der Waals surface area (Å²) in [6.07, 6.45) is 45.7. The third-order valence-electron chi connectivity index (χ3n) is 9.82. The second kappa shape index (κ2) is 32.1. The Kier molecular flexibility index (Phi) is 31.5. The molecule has 0 bridgehead atoms. The molecule has 0 saturated heterocycles. The van der Waals surface area contributed by atoms with E-state index in [1.807, 2.05) is 18.2 Å². The molecule has 1 aromatic rings. The molecule has 41 heavy (non-hydrogen) atoms. The van der Waals surface area contributed by atoms with Gasteiger partial charge in [-0.2, -0.15) is 25.3 Å². The minimum Gasteiger partial charge on any atom is -0.205 e. The number of pyridine rings is 1. The predicted octanol–water partition coefficient (Wildman–Crippen LogP) is 13.9. The first-order valence-electron chi connectivity index (χ1n) is 19.3. The molecular weight excluding hydrogens is 493 g/mol. The molecule has 0 saturated carbocycles. The number of unbranched alkanes of at least 4 members (excludes halogenated alkanes) is 20. The normalized spacial score (nSPS) is 11.4. The van der Waals surface area contributed by atoms with E-state index in [-0.39, 0.29) is 6.15 Å². The van der Waals surface area contributed by atoms with Crippen LogP contribution < -0.4 is 4.57 Å². The molecule has 0 unspecified atom stereocenters. The lowest BCUT2D eigenvalue weighted by atomic mass is 9.17. The van der Waals surface area contributed by atoms with Crippen LogP contribution >= 0.6 is 0 Å². The Morgan fingerprint density at radius 3 is 0.854 bits per heavy atom. The lowest BCUT2D eigenvalue weighted by Crippen LogP contribution is -2.34. The number of hydrogen-bond donors (Lipinski definition) is 0. The maximum atomic E-state index is 2.34. The molecule has 0 aromatic carbocycles. The third-order valence-corrected chi connectivity index (χ3v) is 9.82. The molecule has 0 N–H and O–H groups in total. The molecule has 1 heterocycles. The van der Waals surface area contributed by atoms with Crippen LogP contribution in [0.3, 0.4) is 0 Å². The van der Waals surface area contributed by atoms with E-state index >= 15 is 0 Å². The van der Waals surface area contributed by atoms with Crippen molar-refractivity contribution in [2.45, 2.75) is 221 Å². The number of hydrogen-bond acceptors (Lipinski definition) is 0. The Labute approximate surface area is 261 Å². The summed E-state index contributed by atoms with van der Waals surface area (Å²) < 4.78 is 2.12. The van der Waals surface area contributed by atoms with Crippen LogP contribution in [-0.4, -0.2) is 6.15 Å². The van der Waals surface area contributed by atoms with Crippen molar-refractivity contribution in [1.29, 1.82) is 0 Å². The van der Waals surface area contributed by atoms with Gasteiger partial charge in [-0.15, -0.1) is 0 Å². The fraction of sp³-hybridized carbons (Fsp3) is 0.872. The molecule has 0 radical (unpaired) electrons. The summed E-state index contributed by atoms with van der Waals surface area (Å²) in [6, 6.07) is 6.08. The highest BCUT2D eigenvalue weighted by atomic mass is 14.9. The molecule has 1 nitrogen and oxygen atoms in total. The topological polar surface area (TPSA) is 3.88 Å². The van der Waals surface area contributed by atoms with Gasteiger partial charge in [0, 0.05) is 18.3 Å². The van der Waals surface area contributed by atoms with Gasteiger partial charge in [0.15, 0.2) is 12.4 Å². The summed E-state index contributed by atoms with van der Waals surface area (Å²) in [4.78, 5) is 0. The van der Waals surface area contributed by atoms with Crippen LogP contribution in [0, 0.1) is 0 Å². The van der Waals surface area contributed by atoms with Crippen LogP contribution in [0.1, 0.15) is 189 Å². The molecule has 0 aliphatic heterocycles. The zero-order chi connectivity index (χ0) is 30.1. The van der Waals surface area contributed by atoms with E-state index in [1.165, 1.54) is 154 Å². The van der Waals surface area contributed by atoms with Crippen LogP contribution in [0.2, 0.25) is 25.3 Å². The van der Waals surface area contributed by atoms with E-state index in [0.29, 0.717) is 0 Å². The van der Waals surface area contributed by atoms with E-state index in [9.17, 15) is 0 Å². The van der Waals surface area contributed by atoms with Crippen LogP contribution in [0.4, 0.5) is 0 Å². The van der Waals surface area contributed by atoms with Crippen molar-refractivity contribution in [1.82, 2.24) is 0 Å². The van der Waals surface area contributed by atoms with Gasteiger partial charge in [-0.3, -0.25) is 0 Å². The van der Waals surface area contributed by atoms with Gasteiger partial charge in [0.25, 0.3) is 0 Å². The smallest absolute Gasteiger partial charge is 0.168 e. The number of rotatable bonds is 29. The molecule has 0 amide bonds. The van der Waals surface area contributed by atoms with Gasteiger partial charge < -0.3 is 0 Å². The van der Waals surface area contributed by atoms with Crippen molar-refractivity contribution in [2.24, 2.45) is 0 Å². The van der Waals surface area contributed by atoms with Crippen molar-refractivity contribution < 1.29 is 4.57 Å². The molecule has 0 aliphatic rings. The van der Waals surface area contributed by atoms with E-state index < -0.39 is 0 Å². The first kappa shape index (κ1) is 40.2. The van der Waals surface area contributed by atoms with Gasteiger partial charge in [0.05, 0.1) is 0 Å². The van der Waals surface area contributed by atoms with E-state index in [2.05, 4.69) is 51.6 Å². The highest BCUT2D eigenvalue weighted by molar-refractivity contribution is 6.79. The third kappa shape index (κ3) is 26.6. The maximum absolute atomic E-state index is 2.34. The molecule has 0 spiro atoms. The average Bonchev–Trinajstić information content (AvgIpc) is 3.01. The summed E-state index contributed by atoms with van der Waals surface area (Å²) in [5.74, 6) is 0. The largest absolute Gasteiger partial charge is 0.205 e. The Morgan fingerprint density at radius 1 is 0.341 bits per heavy atom. The van der Waals surface area contributed by atoms with Gasteiger partial charge in [-0.05, 0) is 6.92 Å². The molecule has 242 valence electrons. The lowest BCUT2D eigenvalue weighted by molar-refractivity contribution is -0.693. The van der Waals surface area contributed by atoms with Crippen LogP contribution in [-0.2, 0) is 6.54 Å². The molecule has 0 fully saturated rings. The van der Waals surface area contributed by atoms with Gasteiger partial charge >= 0.3 is 0 Å². The SMILES string of the molecule is CCCCCCCC[B-](CCCCCCCC)(CCCCCCCC)CCCCCCCC.CC[n+]1ccccc1. The fourth-order valence-electron chi connectivity index (χ4n) is 6.94. The standard InChI is InChI=1S/C32H68B.C7H10N/c1-5-9-13-17-21-25-29-33(30-26-22-18-14-10-6-2,31-27-23-19-15-11-7-3)32-28-24-20-16-12-8-4;1-2-8-6-4-3-5-7-8/h5-32H2,1-4H3;3-7H,2H2,1H3/q-1;+1. The maximum Gasteiger partial charge on any atom is 0.168 e. The van der Waals surface area contributed by atoms with Gasteiger partial charge in [-0.25, -0.2) is 4.57 Å². The summed E-state index contributed by atoms with van der Waals surface area (Å²) in [6.45, 7) is 12.6. The second-order valence-corrected chi connectivity index (χ2v) is 13.7. The van der Waals surface area contributed by atoms with Crippen LogP contribution in [0.15, 0.2) is 30.6 Å². The zero-order valence-corrected chi connectivity index (χ0v) is 29.4. The molecule has 1 rings (SSSR count). The van der Waals surface area contributed by atoms with Crippen LogP contribution in [0.5, 0.6) is 0 Å². The van der Waals surface area contributed by atoms with Crippen molar-refractivity contribution >= 4 is 6.15 Å². The second-order valence-electron chi connectivity index (χ2n) is 13.7. The summed E-state index contributed by atoms with van der Waals surface area (Å²) >= 11 is 0. The number of nitrogens with zero attached hydrogens (tertiary/aromatic N) is 1. The van der Waals surface area contributed by atoms with E-state index in [0.717, 1.165) is 6.54 Å². The Morgan fingerprint density at radius 2 is 0.610 bits per heavy atom. The van der Waals surface area contributed by atoms with Crippen molar-refractivity contribution in [3.63, 3.8) is 0 Å². The molecular formula is C39H78BN. The molecule has 2 heteroatoms. The van der Waals surface area contributed by atoms with E-state index in [4.69, 9.17) is 0 Å². The zero-order valence-electron chi connectivity index (χ0n) is 29.4. The fourth-order valence-corrected chi connectivity index (χ4v) is 6.94. The minimum absolute atomic E-state index is 0.104. The first-order valence-corrected chi connectivity index (χ1v) is 19.3. The number of aromatic nitrogens is 1. The summed E-state index contributed by atoms with van der Waals surface area (Å²) in [7, 11) is 0. The summed E-state index contributed by atoms with van der Waals surface area (Å²) in [5, 5.41) is 0. The first-order chi connectivity index (χ1) is 20.2. The lowest BCUT2D eigenvalue weighted by Gasteiger charge is -2.41. The molecule has 1 aromatic heterocycles. The Bertz CT molecular complexity index is 531. The quantitative estimate of drug-likeness (QED) is 0.0511. The van der Waals surface area contributed by atoms with Crippen molar-refractivity contribution in [2.75, 3.05) is 0 Å². The van der Waals surface area contributed by atoms with Crippen LogP contribution in [0.25, 0.3) is 0 Å². The van der Waals surface area contributed by atoms with E-state index in [1.54, 1.807) is 25.3 Å². The highest BCUT2D eigenvalue weighted by Gasteiger charge is 2.23.